The lowest BCUT2D eigenvalue weighted by Crippen LogP contribution is -2.50. The van der Waals surface area contributed by atoms with Gasteiger partial charge in [-0.15, -0.1) is 0 Å². The van der Waals surface area contributed by atoms with E-state index in [0.717, 1.165) is 12.2 Å². The predicted molar refractivity (Wildman–Crippen MR) is 60.8 cm³/mol. The summed E-state index contributed by atoms with van der Waals surface area (Å²) in [4.78, 5) is 11.2. The zero-order valence-electron chi connectivity index (χ0n) is 9.06. The molecule has 0 aliphatic heterocycles. The topological polar surface area (TPSA) is 78.3 Å². The van der Waals surface area contributed by atoms with Crippen LogP contribution < -0.4 is 16.2 Å². The van der Waals surface area contributed by atoms with Gasteiger partial charge in [0.2, 0.25) is 5.91 Å². The average Bonchev–Trinajstić information content (AvgIpc) is 2.63. The molecule has 1 aliphatic carbocycles. The maximum atomic E-state index is 11.2. The van der Waals surface area contributed by atoms with E-state index in [-0.39, 0.29) is 6.10 Å². The normalized spacial score (nSPS) is 28.9. The fourth-order valence-corrected chi connectivity index (χ4v) is 2.04. The fourth-order valence-electron chi connectivity index (χ4n) is 2.04. The van der Waals surface area contributed by atoms with Crippen molar-refractivity contribution in [1.82, 2.24) is 0 Å². The summed E-state index contributed by atoms with van der Waals surface area (Å²) < 4.78 is 5.73. The number of para-hydroxylation sites is 1. The highest BCUT2D eigenvalue weighted by molar-refractivity contribution is 5.84. The smallest absolute Gasteiger partial charge is 0.237 e. The van der Waals surface area contributed by atoms with Gasteiger partial charge in [0.25, 0.3) is 0 Å². The van der Waals surface area contributed by atoms with Crippen LogP contribution in [0.2, 0.25) is 0 Å². The van der Waals surface area contributed by atoms with E-state index in [2.05, 4.69) is 0 Å². The molecule has 0 aromatic heterocycles. The third-order valence-corrected chi connectivity index (χ3v) is 3.04. The minimum absolute atomic E-state index is 0.0140. The van der Waals surface area contributed by atoms with Gasteiger partial charge in [-0.1, -0.05) is 18.2 Å². The molecule has 1 aromatic carbocycles. The Balaban J connectivity index is 1.98. The van der Waals surface area contributed by atoms with E-state index in [9.17, 15) is 4.79 Å². The highest BCUT2D eigenvalue weighted by Crippen LogP contribution is 2.30. The summed E-state index contributed by atoms with van der Waals surface area (Å²) in [6, 6.07) is 9.53. The van der Waals surface area contributed by atoms with Crippen LogP contribution in [0.3, 0.4) is 0 Å². The van der Waals surface area contributed by atoms with E-state index in [1.807, 2.05) is 30.3 Å². The number of rotatable bonds is 3. The zero-order valence-corrected chi connectivity index (χ0v) is 9.06. The first-order chi connectivity index (χ1) is 7.60. The van der Waals surface area contributed by atoms with E-state index in [1.165, 1.54) is 0 Å². The molecular formula is C12H16N2O2. The van der Waals surface area contributed by atoms with Gasteiger partial charge in [0.1, 0.15) is 11.9 Å². The lowest BCUT2D eigenvalue weighted by Gasteiger charge is -2.19. The summed E-state index contributed by atoms with van der Waals surface area (Å²) >= 11 is 0. The number of hydrogen-bond donors (Lipinski definition) is 2. The predicted octanol–water partition coefficient (Wildman–Crippen LogP) is 0.801. The van der Waals surface area contributed by atoms with Gasteiger partial charge in [-0.3, -0.25) is 4.79 Å². The molecule has 4 heteroatoms. The molecule has 1 aliphatic rings. The third-order valence-electron chi connectivity index (χ3n) is 3.04. The van der Waals surface area contributed by atoms with E-state index < -0.39 is 11.4 Å². The molecule has 2 atom stereocenters. The van der Waals surface area contributed by atoms with Crippen molar-refractivity contribution in [3.8, 4) is 5.75 Å². The number of hydrogen-bond acceptors (Lipinski definition) is 3. The summed E-state index contributed by atoms with van der Waals surface area (Å²) in [6.45, 7) is 0. The largest absolute Gasteiger partial charge is 0.490 e. The third kappa shape index (κ3) is 2.17. The summed E-state index contributed by atoms with van der Waals surface area (Å²) in [5.74, 6) is 0.368. The van der Waals surface area contributed by atoms with Gasteiger partial charge < -0.3 is 16.2 Å². The zero-order chi connectivity index (χ0) is 11.6. The van der Waals surface area contributed by atoms with Crippen LogP contribution in [-0.4, -0.2) is 17.6 Å². The Kier molecular flexibility index (Phi) is 2.83. The average molecular weight is 220 g/mol. The number of carbonyl (C=O) groups excluding carboxylic acids is 1. The van der Waals surface area contributed by atoms with E-state index in [1.54, 1.807) is 0 Å². The van der Waals surface area contributed by atoms with Gasteiger partial charge in [0.05, 0.1) is 5.54 Å². The second-order valence-electron chi connectivity index (χ2n) is 4.32. The van der Waals surface area contributed by atoms with Crippen LogP contribution in [0.4, 0.5) is 0 Å². The molecule has 1 aromatic rings. The Morgan fingerprint density at radius 3 is 2.62 bits per heavy atom. The minimum atomic E-state index is -0.889. The van der Waals surface area contributed by atoms with Crippen molar-refractivity contribution in [3.05, 3.63) is 30.3 Å². The maximum Gasteiger partial charge on any atom is 0.237 e. The van der Waals surface area contributed by atoms with Crippen LogP contribution in [-0.2, 0) is 4.79 Å². The molecule has 2 unspecified atom stereocenters. The van der Waals surface area contributed by atoms with Crippen molar-refractivity contribution in [2.45, 2.75) is 30.9 Å². The number of amides is 1. The molecule has 1 amide bonds. The van der Waals surface area contributed by atoms with Gasteiger partial charge >= 0.3 is 0 Å². The summed E-state index contributed by atoms with van der Waals surface area (Å²) in [5, 5.41) is 0. The molecule has 0 heterocycles. The second-order valence-corrected chi connectivity index (χ2v) is 4.32. The van der Waals surface area contributed by atoms with Crippen LogP contribution in [0.15, 0.2) is 30.3 Å². The van der Waals surface area contributed by atoms with Gasteiger partial charge in [0.15, 0.2) is 0 Å². The van der Waals surface area contributed by atoms with Gasteiger partial charge in [-0.2, -0.15) is 0 Å². The monoisotopic (exact) mass is 220 g/mol. The number of primary amides is 1. The van der Waals surface area contributed by atoms with Crippen LogP contribution in [0.5, 0.6) is 5.75 Å². The van der Waals surface area contributed by atoms with Gasteiger partial charge in [-0.05, 0) is 25.0 Å². The van der Waals surface area contributed by atoms with Crippen LogP contribution in [0, 0.1) is 0 Å². The summed E-state index contributed by atoms with van der Waals surface area (Å²) in [5.41, 5.74) is 10.3. The van der Waals surface area contributed by atoms with Crippen LogP contribution >= 0.6 is 0 Å². The van der Waals surface area contributed by atoms with Crippen molar-refractivity contribution < 1.29 is 9.53 Å². The summed E-state index contributed by atoms with van der Waals surface area (Å²) in [6.07, 6.45) is 1.85. The number of ether oxygens (including phenoxy) is 1. The molecule has 4 N–H and O–H groups in total. The fraction of sp³-hybridized carbons (Fsp3) is 0.417. The number of benzene rings is 1. The Labute approximate surface area is 94.6 Å². The van der Waals surface area contributed by atoms with Crippen molar-refractivity contribution >= 4 is 5.91 Å². The SMILES string of the molecule is NC(=O)C1(N)CCC(Oc2ccccc2)C1. The molecule has 0 spiro atoms. The van der Waals surface area contributed by atoms with E-state index in [4.69, 9.17) is 16.2 Å². The highest BCUT2D eigenvalue weighted by Gasteiger charge is 2.41. The standard InChI is InChI=1S/C12H16N2O2/c13-11(15)12(14)7-6-10(8-12)16-9-4-2-1-3-5-9/h1-5,10H,6-8,14H2,(H2,13,15). The van der Waals surface area contributed by atoms with E-state index >= 15 is 0 Å². The molecule has 0 saturated heterocycles. The van der Waals surface area contributed by atoms with Crippen molar-refractivity contribution in [3.63, 3.8) is 0 Å². The number of carbonyl (C=O) groups is 1. The van der Waals surface area contributed by atoms with Crippen molar-refractivity contribution in [1.29, 1.82) is 0 Å². The first kappa shape index (κ1) is 11.0. The Hall–Kier alpha value is -1.55. The maximum absolute atomic E-state index is 11.2. The molecular weight excluding hydrogens is 204 g/mol. The Morgan fingerprint density at radius 1 is 1.38 bits per heavy atom. The van der Waals surface area contributed by atoms with Crippen LogP contribution in [0.1, 0.15) is 19.3 Å². The molecule has 4 nitrogen and oxygen atoms in total. The molecule has 1 saturated carbocycles. The lowest BCUT2D eigenvalue weighted by molar-refractivity contribution is -0.123. The quantitative estimate of drug-likeness (QED) is 0.790. The first-order valence-corrected chi connectivity index (χ1v) is 5.41. The lowest BCUT2D eigenvalue weighted by atomic mass is 9.99. The van der Waals surface area contributed by atoms with Gasteiger partial charge in [0, 0.05) is 6.42 Å². The second kappa shape index (κ2) is 4.14. The highest BCUT2D eigenvalue weighted by atomic mass is 16.5. The van der Waals surface area contributed by atoms with Crippen molar-refractivity contribution in [2.24, 2.45) is 11.5 Å². The summed E-state index contributed by atoms with van der Waals surface area (Å²) in [7, 11) is 0. The van der Waals surface area contributed by atoms with E-state index in [0.29, 0.717) is 12.8 Å². The van der Waals surface area contributed by atoms with Crippen LogP contribution in [0.25, 0.3) is 0 Å². The molecule has 1 fully saturated rings. The first-order valence-electron chi connectivity index (χ1n) is 5.41. The Morgan fingerprint density at radius 2 is 2.06 bits per heavy atom. The molecule has 86 valence electrons. The van der Waals surface area contributed by atoms with Gasteiger partial charge in [-0.25, -0.2) is 0 Å². The molecule has 0 radical (unpaired) electrons. The van der Waals surface area contributed by atoms with Crippen molar-refractivity contribution in [2.75, 3.05) is 0 Å². The molecule has 0 bridgehead atoms. The Bertz CT molecular complexity index is 380. The number of nitrogens with two attached hydrogens (primary N) is 2. The minimum Gasteiger partial charge on any atom is -0.490 e. The molecule has 2 rings (SSSR count). The molecule has 16 heavy (non-hydrogen) atoms.